The summed E-state index contributed by atoms with van der Waals surface area (Å²) in [6.07, 6.45) is 4.30. The van der Waals surface area contributed by atoms with Crippen LogP contribution in [-0.4, -0.2) is 77.7 Å². The molecule has 2 aliphatic heterocycles. The van der Waals surface area contributed by atoms with Crippen molar-refractivity contribution in [3.63, 3.8) is 0 Å². The number of nitrogens with one attached hydrogen (secondary N) is 1. The smallest absolute Gasteiger partial charge is 0.255 e. The molecule has 1 N–H and O–H groups in total. The number of piperazine rings is 1. The molecule has 2 aromatic rings. The molecule has 0 saturated carbocycles. The number of hydrogen-bond donors (Lipinski definition) is 1. The van der Waals surface area contributed by atoms with Crippen LogP contribution in [-0.2, 0) is 18.3 Å². The Hall–Kier alpha value is -2.87. The molecule has 2 amide bonds. The Bertz CT molecular complexity index is 955. The Labute approximate surface area is 190 Å². The van der Waals surface area contributed by atoms with E-state index < -0.39 is 0 Å². The van der Waals surface area contributed by atoms with Crippen molar-refractivity contribution in [3.8, 4) is 0 Å². The highest BCUT2D eigenvalue weighted by Crippen LogP contribution is 2.25. The summed E-state index contributed by atoms with van der Waals surface area (Å²) < 4.78 is 1.73. The quantitative estimate of drug-likeness (QED) is 0.775. The number of nitrogens with zero attached hydrogens (tertiary/aromatic N) is 5. The summed E-state index contributed by atoms with van der Waals surface area (Å²) in [6.45, 7) is 7.59. The van der Waals surface area contributed by atoms with Gasteiger partial charge in [-0.25, -0.2) is 0 Å². The fourth-order valence-corrected chi connectivity index (χ4v) is 4.38. The lowest BCUT2D eigenvalue weighted by molar-refractivity contribution is -0.131. The fourth-order valence-electron chi connectivity index (χ4n) is 4.38. The second kappa shape index (κ2) is 9.73. The van der Waals surface area contributed by atoms with E-state index in [1.807, 2.05) is 36.3 Å². The Kier molecular flexibility index (Phi) is 6.79. The van der Waals surface area contributed by atoms with E-state index in [1.165, 1.54) is 0 Å². The molecular formula is C24H34N6O2. The Morgan fingerprint density at radius 1 is 1.06 bits per heavy atom. The maximum absolute atomic E-state index is 13.0. The molecule has 0 bridgehead atoms. The highest BCUT2D eigenvalue weighted by atomic mass is 16.2. The van der Waals surface area contributed by atoms with Gasteiger partial charge in [-0.2, -0.15) is 5.10 Å². The lowest BCUT2D eigenvalue weighted by Gasteiger charge is -2.33. The summed E-state index contributed by atoms with van der Waals surface area (Å²) >= 11 is 0. The van der Waals surface area contributed by atoms with Crippen LogP contribution in [0.1, 0.15) is 35.7 Å². The van der Waals surface area contributed by atoms with E-state index in [1.54, 1.807) is 10.7 Å². The number of aromatic nitrogens is 2. The highest BCUT2D eigenvalue weighted by Gasteiger charge is 2.23. The van der Waals surface area contributed by atoms with Crippen molar-refractivity contribution < 1.29 is 9.59 Å². The van der Waals surface area contributed by atoms with Crippen molar-refractivity contribution in [3.05, 3.63) is 41.6 Å². The number of likely N-dealkylation sites (N-methyl/N-ethyl adjacent to an activating group) is 1. The molecule has 2 aliphatic rings. The summed E-state index contributed by atoms with van der Waals surface area (Å²) in [6, 6.07) is 7.38. The molecule has 0 unspecified atom stereocenters. The van der Waals surface area contributed by atoms with Gasteiger partial charge in [0.1, 0.15) is 5.69 Å². The zero-order valence-electron chi connectivity index (χ0n) is 19.4. The monoisotopic (exact) mass is 438 g/mol. The van der Waals surface area contributed by atoms with E-state index in [4.69, 9.17) is 0 Å². The minimum absolute atomic E-state index is 0.138. The van der Waals surface area contributed by atoms with Crippen LogP contribution in [0, 0.1) is 5.92 Å². The van der Waals surface area contributed by atoms with Crippen LogP contribution in [0.3, 0.4) is 0 Å². The number of anilines is 2. The number of aryl methyl sites for hydroxylation is 1. The van der Waals surface area contributed by atoms with E-state index in [-0.39, 0.29) is 11.8 Å². The van der Waals surface area contributed by atoms with Crippen molar-refractivity contribution >= 4 is 23.3 Å². The normalized spacial score (nSPS) is 18.1. The highest BCUT2D eigenvalue weighted by molar-refractivity contribution is 6.05. The van der Waals surface area contributed by atoms with Crippen LogP contribution in [0.25, 0.3) is 0 Å². The molecule has 1 aromatic heterocycles. The number of amides is 2. The van der Waals surface area contributed by atoms with Gasteiger partial charge in [-0.05, 0) is 43.5 Å². The Balaban J connectivity index is 1.42. The number of likely N-dealkylation sites (tertiary alicyclic amines) is 1. The van der Waals surface area contributed by atoms with E-state index in [0.29, 0.717) is 23.6 Å². The van der Waals surface area contributed by atoms with Crippen molar-refractivity contribution in [1.82, 2.24) is 19.6 Å². The average Bonchev–Trinajstić information content (AvgIpc) is 3.14. The molecule has 3 heterocycles. The van der Waals surface area contributed by atoms with Crippen LogP contribution in [0.4, 0.5) is 11.5 Å². The van der Waals surface area contributed by atoms with Gasteiger partial charge in [0.2, 0.25) is 5.91 Å². The maximum Gasteiger partial charge on any atom is 0.255 e. The first-order chi connectivity index (χ1) is 15.4. The van der Waals surface area contributed by atoms with Crippen molar-refractivity contribution in [2.24, 2.45) is 13.0 Å². The summed E-state index contributed by atoms with van der Waals surface area (Å²) in [5, 5.41) is 7.61. The molecule has 1 aromatic carbocycles. The predicted octanol–water partition coefficient (Wildman–Crippen LogP) is 2.23. The van der Waals surface area contributed by atoms with Gasteiger partial charge in [0.05, 0.1) is 12.6 Å². The molecule has 0 radical (unpaired) electrons. The molecule has 8 heteroatoms. The molecule has 8 nitrogen and oxygen atoms in total. The third kappa shape index (κ3) is 5.30. The first kappa shape index (κ1) is 22.3. The zero-order valence-corrected chi connectivity index (χ0v) is 19.4. The molecule has 0 aliphatic carbocycles. The van der Waals surface area contributed by atoms with E-state index in [0.717, 1.165) is 63.5 Å². The largest absolute Gasteiger partial charge is 0.351 e. The number of piperidine rings is 1. The van der Waals surface area contributed by atoms with Crippen LogP contribution < -0.4 is 10.2 Å². The second-order valence-electron chi connectivity index (χ2n) is 9.22. The third-order valence-electron chi connectivity index (χ3n) is 6.54. The second-order valence-corrected chi connectivity index (χ2v) is 9.22. The van der Waals surface area contributed by atoms with E-state index >= 15 is 0 Å². The first-order valence-electron chi connectivity index (χ1n) is 11.5. The predicted molar refractivity (Wildman–Crippen MR) is 126 cm³/mol. The molecule has 2 fully saturated rings. The molecule has 2 saturated heterocycles. The molecule has 4 rings (SSSR count). The number of hydrogen-bond acceptors (Lipinski definition) is 5. The van der Waals surface area contributed by atoms with Gasteiger partial charge in [0.25, 0.3) is 5.91 Å². The summed E-state index contributed by atoms with van der Waals surface area (Å²) in [4.78, 5) is 32.2. The van der Waals surface area contributed by atoms with Gasteiger partial charge in [-0.3, -0.25) is 14.3 Å². The summed E-state index contributed by atoms with van der Waals surface area (Å²) in [5.41, 5.74) is 2.13. The van der Waals surface area contributed by atoms with Crippen LogP contribution in [0.5, 0.6) is 0 Å². The van der Waals surface area contributed by atoms with Crippen molar-refractivity contribution in [2.75, 3.05) is 56.5 Å². The number of carbonyl (C=O) groups is 2. The SMILES string of the molecule is CC1CCN(C(=O)Cc2cccc(C(=O)Nc3cn(C)nc3N3CCN(C)CC3)c2)CC1. The standard InChI is InChI=1S/C24H34N6O2/c1-18-7-9-29(10-8-18)22(31)16-19-5-4-6-20(15-19)24(32)25-21-17-28(3)26-23(21)30-13-11-27(2)12-14-30/h4-6,15,17-18H,7-14,16H2,1-3H3,(H,25,32). The molecule has 172 valence electrons. The molecule has 32 heavy (non-hydrogen) atoms. The lowest BCUT2D eigenvalue weighted by Crippen LogP contribution is -2.45. The third-order valence-corrected chi connectivity index (χ3v) is 6.54. The fraction of sp³-hybridized carbons (Fsp3) is 0.542. The minimum atomic E-state index is -0.186. The molecular weight excluding hydrogens is 404 g/mol. The average molecular weight is 439 g/mol. The number of carbonyl (C=O) groups excluding carboxylic acids is 2. The number of rotatable bonds is 5. The van der Waals surface area contributed by atoms with Crippen LogP contribution >= 0.6 is 0 Å². The lowest BCUT2D eigenvalue weighted by atomic mass is 9.98. The first-order valence-corrected chi connectivity index (χ1v) is 11.5. The minimum Gasteiger partial charge on any atom is -0.351 e. The number of benzene rings is 1. The van der Waals surface area contributed by atoms with Gasteiger partial charge in [0.15, 0.2) is 5.82 Å². The summed E-state index contributed by atoms with van der Waals surface area (Å²) in [7, 11) is 3.98. The van der Waals surface area contributed by atoms with Gasteiger partial charge < -0.3 is 20.0 Å². The van der Waals surface area contributed by atoms with E-state index in [2.05, 4.69) is 34.2 Å². The topological polar surface area (TPSA) is 73.7 Å². The van der Waals surface area contributed by atoms with E-state index in [9.17, 15) is 9.59 Å². The zero-order chi connectivity index (χ0) is 22.7. The van der Waals surface area contributed by atoms with Gasteiger partial charge >= 0.3 is 0 Å². The van der Waals surface area contributed by atoms with Gasteiger partial charge in [-0.1, -0.05) is 19.1 Å². The Morgan fingerprint density at radius 3 is 2.50 bits per heavy atom. The van der Waals surface area contributed by atoms with Crippen LogP contribution in [0.2, 0.25) is 0 Å². The maximum atomic E-state index is 13.0. The Morgan fingerprint density at radius 2 is 1.78 bits per heavy atom. The molecule has 0 atom stereocenters. The van der Waals surface area contributed by atoms with Crippen molar-refractivity contribution in [2.45, 2.75) is 26.2 Å². The molecule has 0 spiro atoms. The van der Waals surface area contributed by atoms with Gasteiger partial charge in [0, 0.05) is 51.9 Å². The summed E-state index contributed by atoms with van der Waals surface area (Å²) in [5.74, 6) is 1.45. The van der Waals surface area contributed by atoms with Crippen molar-refractivity contribution in [1.29, 1.82) is 0 Å². The van der Waals surface area contributed by atoms with Gasteiger partial charge in [-0.15, -0.1) is 0 Å². The van der Waals surface area contributed by atoms with Crippen LogP contribution in [0.15, 0.2) is 30.5 Å².